The van der Waals surface area contributed by atoms with Crippen molar-refractivity contribution in [1.82, 2.24) is 9.97 Å². The molecule has 1 atom stereocenters. The number of fused-ring (bicyclic) bond motifs is 1. The molecule has 3 rings (SSSR count). The average molecular weight is 229 g/mol. The van der Waals surface area contributed by atoms with E-state index < -0.39 is 0 Å². The van der Waals surface area contributed by atoms with Crippen LogP contribution in [0.1, 0.15) is 17.2 Å². The lowest BCUT2D eigenvalue weighted by Crippen LogP contribution is -2.23. The maximum absolute atomic E-state index is 5.74. The molecule has 1 aliphatic rings. The van der Waals surface area contributed by atoms with E-state index in [-0.39, 0.29) is 6.10 Å². The Bertz CT molecular complexity index is 507. The molecule has 88 valence electrons. The molecule has 2 heterocycles. The van der Waals surface area contributed by atoms with Gasteiger partial charge in [-0.3, -0.25) is 0 Å². The van der Waals surface area contributed by atoms with Gasteiger partial charge in [0.25, 0.3) is 0 Å². The fourth-order valence-electron chi connectivity index (χ4n) is 2.41. The van der Waals surface area contributed by atoms with Crippen LogP contribution in [0.15, 0.2) is 30.6 Å². The summed E-state index contributed by atoms with van der Waals surface area (Å²) in [5, 5.41) is 0. The number of benzene rings is 1. The van der Waals surface area contributed by atoms with Crippen molar-refractivity contribution < 1.29 is 4.74 Å². The van der Waals surface area contributed by atoms with Crippen LogP contribution in [-0.4, -0.2) is 23.1 Å². The first kappa shape index (κ1) is 10.5. The van der Waals surface area contributed by atoms with Crippen LogP contribution < -0.4 is 5.73 Å². The fourth-order valence-corrected chi connectivity index (χ4v) is 2.41. The van der Waals surface area contributed by atoms with Crippen LogP contribution in [0.5, 0.6) is 0 Å². The standard InChI is InChI=1S/C13H15N3O/c14-8-12-10-2-1-3-11(9(10)4-7-17-12)13-15-5-6-16-13/h1-3,5-6,12H,4,7-8,14H2,(H,15,16)/t12-/m1/s1. The number of aromatic nitrogens is 2. The van der Waals surface area contributed by atoms with E-state index >= 15 is 0 Å². The van der Waals surface area contributed by atoms with Crippen LogP contribution >= 0.6 is 0 Å². The van der Waals surface area contributed by atoms with Crippen molar-refractivity contribution in [2.45, 2.75) is 12.5 Å². The van der Waals surface area contributed by atoms with Crippen molar-refractivity contribution in [3.63, 3.8) is 0 Å². The smallest absolute Gasteiger partial charge is 0.137 e. The zero-order valence-electron chi connectivity index (χ0n) is 9.52. The number of H-pyrrole nitrogens is 1. The molecule has 1 aromatic heterocycles. The largest absolute Gasteiger partial charge is 0.372 e. The summed E-state index contributed by atoms with van der Waals surface area (Å²) >= 11 is 0. The summed E-state index contributed by atoms with van der Waals surface area (Å²) < 4.78 is 5.67. The summed E-state index contributed by atoms with van der Waals surface area (Å²) in [4.78, 5) is 7.47. The quantitative estimate of drug-likeness (QED) is 0.823. The van der Waals surface area contributed by atoms with E-state index in [0.717, 1.165) is 24.4 Å². The highest BCUT2D eigenvalue weighted by Crippen LogP contribution is 2.32. The summed E-state index contributed by atoms with van der Waals surface area (Å²) in [6, 6.07) is 6.23. The lowest BCUT2D eigenvalue weighted by Gasteiger charge is -2.26. The van der Waals surface area contributed by atoms with Gasteiger partial charge in [0.1, 0.15) is 5.82 Å². The predicted molar refractivity (Wildman–Crippen MR) is 65.5 cm³/mol. The van der Waals surface area contributed by atoms with Crippen LogP contribution in [-0.2, 0) is 11.2 Å². The van der Waals surface area contributed by atoms with Gasteiger partial charge in [0.05, 0.1) is 12.7 Å². The zero-order valence-corrected chi connectivity index (χ0v) is 9.52. The highest BCUT2D eigenvalue weighted by atomic mass is 16.5. The van der Waals surface area contributed by atoms with E-state index in [1.807, 2.05) is 12.3 Å². The van der Waals surface area contributed by atoms with Gasteiger partial charge >= 0.3 is 0 Å². The molecule has 0 aliphatic carbocycles. The van der Waals surface area contributed by atoms with Gasteiger partial charge in [0.2, 0.25) is 0 Å². The number of imidazole rings is 1. The summed E-state index contributed by atoms with van der Waals surface area (Å²) in [6.45, 7) is 1.25. The minimum absolute atomic E-state index is 0.0219. The normalized spacial score (nSPS) is 19.0. The molecule has 2 aromatic rings. The van der Waals surface area contributed by atoms with Crippen LogP contribution in [0.3, 0.4) is 0 Å². The van der Waals surface area contributed by atoms with Crippen LogP contribution in [0.4, 0.5) is 0 Å². The Hall–Kier alpha value is -1.65. The third-order valence-electron chi connectivity index (χ3n) is 3.20. The number of rotatable bonds is 2. The summed E-state index contributed by atoms with van der Waals surface area (Å²) in [5.74, 6) is 0.916. The van der Waals surface area contributed by atoms with Gasteiger partial charge in [0.15, 0.2) is 0 Å². The number of ether oxygens (including phenoxy) is 1. The van der Waals surface area contributed by atoms with E-state index in [2.05, 4.69) is 22.1 Å². The first-order chi connectivity index (χ1) is 8.40. The maximum Gasteiger partial charge on any atom is 0.137 e. The lowest BCUT2D eigenvalue weighted by atomic mass is 9.92. The first-order valence-corrected chi connectivity index (χ1v) is 5.83. The highest BCUT2D eigenvalue weighted by Gasteiger charge is 2.22. The Morgan fingerprint density at radius 2 is 2.41 bits per heavy atom. The van der Waals surface area contributed by atoms with Crippen molar-refractivity contribution in [3.05, 3.63) is 41.7 Å². The minimum Gasteiger partial charge on any atom is -0.372 e. The van der Waals surface area contributed by atoms with Crippen LogP contribution in [0, 0.1) is 0 Å². The van der Waals surface area contributed by atoms with E-state index in [4.69, 9.17) is 10.5 Å². The summed E-state index contributed by atoms with van der Waals surface area (Å²) in [6.07, 6.45) is 4.56. The van der Waals surface area contributed by atoms with Gasteiger partial charge in [-0.1, -0.05) is 18.2 Å². The molecule has 0 radical (unpaired) electrons. The number of nitrogens with one attached hydrogen (secondary N) is 1. The summed E-state index contributed by atoms with van der Waals surface area (Å²) in [5.41, 5.74) is 9.41. The SMILES string of the molecule is NC[C@H]1OCCc2c(-c3ncc[nH]3)cccc21. The van der Waals surface area contributed by atoms with Crippen molar-refractivity contribution in [1.29, 1.82) is 0 Å². The van der Waals surface area contributed by atoms with E-state index in [9.17, 15) is 0 Å². The van der Waals surface area contributed by atoms with E-state index in [0.29, 0.717) is 6.54 Å². The molecule has 0 saturated heterocycles. The Kier molecular flexibility index (Phi) is 2.66. The third-order valence-corrected chi connectivity index (χ3v) is 3.20. The zero-order chi connectivity index (χ0) is 11.7. The fraction of sp³-hybridized carbons (Fsp3) is 0.308. The third kappa shape index (κ3) is 1.75. The van der Waals surface area contributed by atoms with E-state index in [1.165, 1.54) is 11.1 Å². The maximum atomic E-state index is 5.74. The van der Waals surface area contributed by atoms with Crippen molar-refractivity contribution in [3.8, 4) is 11.4 Å². The Balaban J connectivity index is 2.12. The molecule has 0 bridgehead atoms. The number of hydrogen-bond donors (Lipinski definition) is 2. The van der Waals surface area contributed by atoms with Crippen molar-refractivity contribution in [2.24, 2.45) is 5.73 Å². The van der Waals surface area contributed by atoms with Gasteiger partial charge in [0, 0.05) is 24.5 Å². The highest BCUT2D eigenvalue weighted by molar-refractivity contribution is 5.63. The Labute approximate surface area is 99.8 Å². The molecule has 0 unspecified atom stereocenters. The van der Waals surface area contributed by atoms with Crippen LogP contribution in [0.25, 0.3) is 11.4 Å². The van der Waals surface area contributed by atoms with Gasteiger partial charge in [-0.05, 0) is 17.5 Å². The molecule has 0 spiro atoms. The number of hydrogen-bond acceptors (Lipinski definition) is 3. The molecule has 3 N–H and O–H groups in total. The average Bonchev–Trinajstić information content (AvgIpc) is 2.91. The van der Waals surface area contributed by atoms with Gasteiger partial charge in [-0.25, -0.2) is 4.98 Å². The first-order valence-electron chi connectivity index (χ1n) is 5.83. The molecular formula is C13H15N3O. The molecule has 0 amide bonds. The van der Waals surface area contributed by atoms with E-state index in [1.54, 1.807) is 6.20 Å². The predicted octanol–water partition coefficient (Wildman–Crippen LogP) is 1.65. The monoisotopic (exact) mass is 229 g/mol. The Morgan fingerprint density at radius 1 is 1.47 bits per heavy atom. The van der Waals surface area contributed by atoms with Crippen LogP contribution in [0.2, 0.25) is 0 Å². The Morgan fingerprint density at radius 3 is 3.18 bits per heavy atom. The van der Waals surface area contributed by atoms with Crippen molar-refractivity contribution in [2.75, 3.05) is 13.2 Å². The summed E-state index contributed by atoms with van der Waals surface area (Å²) in [7, 11) is 0. The number of nitrogens with two attached hydrogens (primary N) is 1. The molecule has 17 heavy (non-hydrogen) atoms. The van der Waals surface area contributed by atoms with Gasteiger partial charge in [-0.2, -0.15) is 0 Å². The molecular weight excluding hydrogens is 214 g/mol. The number of aromatic amines is 1. The number of nitrogens with zero attached hydrogens (tertiary/aromatic N) is 1. The topological polar surface area (TPSA) is 63.9 Å². The molecule has 1 aromatic carbocycles. The van der Waals surface area contributed by atoms with Gasteiger partial charge < -0.3 is 15.5 Å². The second kappa shape index (κ2) is 4.31. The second-order valence-electron chi connectivity index (χ2n) is 4.16. The lowest BCUT2D eigenvalue weighted by molar-refractivity contribution is 0.0486. The molecule has 4 heteroatoms. The minimum atomic E-state index is 0.0219. The van der Waals surface area contributed by atoms with Gasteiger partial charge in [-0.15, -0.1) is 0 Å². The molecule has 1 aliphatic heterocycles. The van der Waals surface area contributed by atoms with Crippen molar-refractivity contribution >= 4 is 0 Å². The molecule has 0 saturated carbocycles. The molecule has 0 fully saturated rings. The molecule has 4 nitrogen and oxygen atoms in total. The second-order valence-corrected chi connectivity index (χ2v) is 4.16.